The first-order chi connectivity index (χ1) is 15.0. The summed E-state index contributed by atoms with van der Waals surface area (Å²) in [4.78, 5) is 31.3. The van der Waals surface area contributed by atoms with Crippen LogP contribution in [0.25, 0.3) is 5.76 Å². The molecular weight excluding hydrogens is 398 g/mol. The lowest BCUT2D eigenvalue weighted by molar-refractivity contribution is -0.140. The van der Waals surface area contributed by atoms with Gasteiger partial charge >= 0.3 is 0 Å². The predicted octanol–water partition coefficient (Wildman–Crippen LogP) is 3.31. The number of hydrogen-bond acceptors (Lipinski definition) is 6. The van der Waals surface area contributed by atoms with Gasteiger partial charge in [0.25, 0.3) is 11.7 Å². The van der Waals surface area contributed by atoms with E-state index in [-0.39, 0.29) is 11.3 Å². The molecule has 1 unspecified atom stereocenters. The van der Waals surface area contributed by atoms with Crippen molar-refractivity contribution in [2.45, 2.75) is 25.9 Å². The topological polar surface area (TPSA) is 97.8 Å². The van der Waals surface area contributed by atoms with Crippen LogP contribution in [-0.4, -0.2) is 44.9 Å². The van der Waals surface area contributed by atoms with Gasteiger partial charge in [0.15, 0.2) is 0 Å². The molecule has 1 amide bonds. The normalized spacial score (nSPS) is 18.0. The standard InChI is InChI=1S/C23H23N3O5/c1-15-7-8-18(31-15)20-19(21(27)16-5-3-6-17(13-16)30-2)22(28)23(29)26(20)11-4-10-25-12-9-24-14-25/h3,5-9,12-14,20,27H,4,10-11H2,1-2H3. The summed E-state index contributed by atoms with van der Waals surface area (Å²) in [6.07, 6.45) is 5.83. The number of rotatable bonds is 7. The number of ether oxygens (including phenoxy) is 1. The molecule has 0 aliphatic carbocycles. The van der Waals surface area contributed by atoms with Gasteiger partial charge in [0.05, 0.1) is 19.0 Å². The molecule has 8 nitrogen and oxygen atoms in total. The van der Waals surface area contributed by atoms with Crippen LogP contribution in [0.1, 0.15) is 29.5 Å². The predicted molar refractivity (Wildman–Crippen MR) is 112 cm³/mol. The van der Waals surface area contributed by atoms with Crippen LogP contribution in [0, 0.1) is 6.92 Å². The molecule has 1 aliphatic heterocycles. The van der Waals surface area contributed by atoms with E-state index in [1.54, 1.807) is 55.8 Å². The van der Waals surface area contributed by atoms with E-state index in [0.29, 0.717) is 42.3 Å². The highest BCUT2D eigenvalue weighted by molar-refractivity contribution is 6.46. The fraction of sp³-hybridized carbons (Fsp3) is 0.261. The van der Waals surface area contributed by atoms with Crippen LogP contribution in [0.15, 0.2) is 65.1 Å². The molecule has 2 aromatic heterocycles. The minimum Gasteiger partial charge on any atom is -0.507 e. The molecule has 160 valence electrons. The molecule has 8 heteroatoms. The fourth-order valence-electron chi connectivity index (χ4n) is 3.78. The Morgan fingerprint density at radius 3 is 2.74 bits per heavy atom. The second kappa shape index (κ2) is 8.51. The van der Waals surface area contributed by atoms with E-state index in [4.69, 9.17) is 9.15 Å². The van der Waals surface area contributed by atoms with Crippen molar-refractivity contribution in [1.29, 1.82) is 0 Å². The number of methoxy groups -OCH3 is 1. The Morgan fingerprint density at radius 1 is 1.23 bits per heavy atom. The first kappa shape index (κ1) is 20.5. The third-order valence-electron chi connectivity index (χ3n) is 5.29. The number of imidazole rings is 1. The molecule has 3 aromatic rings. The van der Waals surface area contributed by atoms with Gasteiger partial charge in [-0.25, -0.2) is 4.98 Å². The molecule has 1 atom stereocenters. The van der Waals surface area contributed by atoms with Crippen LogP contribution < -0.4 is 4.74 Å². The van der Waals surface area contributed by atoms with E-state index in [1.807, 2.05) is 10.8 Å². The van der Waals surface area contributed by atoms with Crippen molar-refractivity contribution in [1.82, 2.24) is 14.5 Å². The highest BCUT2D eigenvalue weighted by Gasteiger charge is 2.47. The first-order valence-corrected chi connectivity index (χ1v) is 9.94. The summed E-state index contributed by atoms with van der Waals surface area (Å²) in [6, 6.07) is 9.42. The maximum atomic E-state index is 13.0. The zero-order chi connectivity index (χ0) is 22.0. The van der Waals surface area contributed by atoms with Crippen molar-refractivity contribution >= 4 is 17.4 Å². The minimum atomic E-state index is -0.803. The Kier molecular flexibility index (Phi) is 5.62. The number of aromatic nitrogens is 2. The molecule has 4 rings (SSSR count). The van der Waals surface area contributed by atoms with Crippen LogP contribution in [0.5, 0.6) is 5.75 Å². The van der Waals surface area contributed by atoms with Gasteiger partial charge in [0.2, 0.25) is 0 Å². The van der Waals surface area contributed by atoms with Crippen LogP contribution >= 0.6 is 0 Å². The number of carbonyl (C=O) groups is 2. The van der Waals surface area contributed by atoms with Crippen LogP contribution in [0.4, 0.5) is 0 Å². The number of likely N-dealkylation sites (tertiary alicyclic amines) is 1. The Hall–Kier alpha value is -3.81. The lowest BCUT2D eigenvalue weighted by atomic mass is 9.99. The summed E-state index contributed by atoms with van der Waals surface area (Å²) >= 11 is 0. The molecule has 3 heterocycles. The number of aliphatic hydroxyl groups excluding tert-OH is 1. The Balaban J connectivity index is 1.72. The van der Waals surface area contributed by atoms with Crippen molar-refractivity contribution in [2.75, 3.05) is 13.7 Å². The number of furan rings is 1. The molecule has 1 fully saturated rings. The van der Waals surface area contributed by atoms with Gasteiger partial charge in [-0.1, -0.05) is 12.1 Å². The molecule has 1 saturated heterocycles. The zero-order valence-electron chi connectivity index (χ0n) is 17.3. The molecule has 1 aliphatic rings. The minimum absolute atomic E-state index is 0.00948. The van der Waals surface area contributed by atoms with Crippen molar-refractivity contribution in [3.8, 4) is 5.75 Å². The van der Waals surface area contributed by atoms with Crippen LogP contribution in [-0.2, 0) is 16.1 Å². The summed E-state index contributed by atoms with van der Waals surface area (Å²) in [6.45, 7) is 2.75. The molecule has 0 radical (unpaired) electrons. The number of carbonyl (C=O) groups excluding carboxylic acids is 2. The van der Waals surface area contributed by atoms with E-state index < -0.39 is 17.7 Å². The van der Waals surface area contributed by atoms with Crippen molar-refractivity contribution in [2.24, 2.45) is 0 Å². The number of benzene rings is 1. The van der Waals surface area contributed by atoms with Gasteiger partial charge in [-0.3, -0.25) is 9.59 Å². The van der Waals surface area contributed by atoms with E-state index in [2.05, 4.69) is 4.98 Å². The molecule has 0 bridgehead atoms. The third kappa shape index (κ3) is 3.96. The quantitative estimate of drug-likeness (QED) is 0.357. The smallest absolute Gasteiger partial charge is 0.295 e. The molecule has 31 heavy (non-hydrogen) atoms. The maximum Gasteiger partial charge on any atom is 0.295 e. The lowest BCUT2D eigenvalue weighted by Crippen LogP contribution is -2.31. The van der Waals surface area contributed by atoms with Gasteiger partial charge in [-0.15, -0.1) is 0 Å². The summed E-state index contributed by atoms with van der Waals surface area (Å²) < 4.78 is 12.9. The summed E-state index contributed by atoms with van der Waals surface area (Å²) in [5.41, 5.74) is 0.402. The van der Waals surface area contributed by atoms with E-state index in [1.165, 1.54) is 12.0 Å². The summed E-state index contributed by atoms with van der Waals surface area (Å²) in [7, 11) is 1.52. The van der Waals surface area contributed by atoms with Gasteiger partial charge in [-0.05, 0) is 37.6 Å². The molecule has 0 spiro atoms. The number of aryl methyl sites for hydroxylation is 2. The van der Waals surface area contributed by atoms with E-state index in [0.717, 1.165) is 0 Å². The van der Waals surface area contributed by atoms with Gasteiger partial charge in [0.1, 0.15) is 29.1 Å². The van der Waals surface area contributed by atoms with Crippen molar-refractivity contribution < 1.29 is 23.8 Å². The number of nitrogens with zero attached hydrogens (tertiary/aromatic N) is 3. The first-order valence-electron chi connectivity index (χ1n) is 9.94. The Morgan fingerprint density at radius 2 is 2.06 bits per heavy atom. The lowest BCUT2D eigenvalue weighted by Gasteiger charge is -2.23. The molecule has 1 aromatic carbocycles. The Labute approximate surface area is 179 Å². The molecular formula is C23H23N3O5. The van der Waals surface area contributed by atoms with Crippen molar-refractivity contribution in [3.05, 3.63) is 77.8 Å². The zero-order valence-corrected chi connectivity index (χ0v) is 17.3. The van der Waals surface area contributed by atoms with Gasteiger partial charge in [-0.2, -0.15) is 0 Å². The van der Waals surface area contributed by atoms with E-state index >= 15 is 0 Å². The highest BCUT2D eigenvalue weighted by atomic mass is 16.5. The number of aliphatic hydroxyl groups is 1. The van der Waals surface area contributed by atoms with Gasteiger partial charge < -0.3 is 23.7 Å². The van der Waals surface area contributed by atoms with Crippen molar-refractivity contribution in [3.63, 3.8) is 0 Å². The second-order valence-electron chi connectivity index (χ2n) is 7.33. The number of amides is 1. The summed E-state index contributed by atoms with van der Waals surface area (Å²) in [5.74, 6) is -0.0299. The Bertz CT molecular complexity index is 1130. The number of Topliss-reactive ketones (excluding diaryl/α,β-unsaturated/α-hetero) is 1. The average Bonchev–Trinajstić information content (AvgIpc) is 3.50. The van der Waals surface area contributed by atoms with Gasteiger partial charge in [0, 0.05) is 31.0 Å². The third-order valence-corrected chi connectivity index (χ3v) is 5.29. The fourth-order valence-corrected chi connectivity index (χ4v) is 3.78. The van der Waals surface area contributed by atoms with E-state index in [9.17, 15) is 14.7 Å². The molecule has 0 saturated carbocycles. The number of ketones is 1. The monoisotopic (exact) mass is 421 g/mol. The molecule has 1 N–H and O–H groups in total. The number of hydrogen-bond donors (Lipinski definition) is 1. The average molecular weight is 421 g/mol. The summed E-state index contributed by atoms with van der Waals surface area (Å²) in [5, 5.41) is 11.0. The largest absolute Gasteiger partial charge is 0.507 e. The van der Waals surface area contributed by atoms with Crippen LogP contribution in [0.3, 0.4) is 0 Å². The highest BCUT2D eigenvalue weighted by Crippen LogP contribution is 2.40. The second-order valence-corrected chi connectivity index (χ2v) is 7.33. The van der Waals surface area contributed by atoms with Crippen LogP contribution in [0.2, 0.25) is 0 Å². The SMILES string of the molecule is COc1cccc(C(O)=C2C(=O)C(=O)N(CCCn3ccnc3)C2c2ccc(C)o2)c1. The maximum absolute atomic E-state index is 13.0.